The van der Waals surface area contributed by atoms with Crippen LogP contribution in [0.1, 0.15) is 24.5 Å². The second kappa shape index (κ2) is 10.3. The number of anilines is 2. The molecule has 2 aromatic carbocycles. The van der Waals surface area contributed by atoms with E-state index in [-0.39, 0.29) is 11.4 Å². The van der Waals surface area contributed by atoms with Crippen LogP contribution in [0.3, 0.4) is 0 Å². The van der Waals surface area contributed by atoms with Crippen molar-refractivity contribution in [1.29, 1.82) is 0 Å². The Morgan fingerprint density at radius 2 is 1.84 bits per heavy atom. The summed E-state index contributed by atoms with van der Waals surface area (Å²) in [5, 5.41) is 11.0. The largest absolute Gasteiger partial charge is 0.299 e. The summed E-state index contributed by atoms with van der Waals surface area (Å²) >= 11 is 2.84. The smallest absolute Gasteiger partial charge is 0.264 e. The quantitative estimate of drug-likeness (QED) is 0.361. The standard InChI is InChI=1S/C21H24N4O3S3/c1-4-12-29-21-24-23-20(30-21)22-19(26)14-25(17-7-5-6-16(3)13-17)31(27,28)18-10-8-15(2)9-11-18/h5-11,13H,4,12,14H2,1-3H3,(H,22,23,26). The van der Waals surface area contributed by atoms with E-state index in [4.69, 9.17) is 0 Å². The molecule has 0 aliphatic rings. The van der Waals surface area contributed by atoms with Crippen LogP contribution in [0.2, 0.25) is 0 Å². The van der Waals surface area contributed by atoms with Gasteiger partial charge in [-0.2, -0.15) is 0 Å². The van der Waals surface area contributed by atoms with Crippen molar-refractivity contribution in [2.24, 2.45) is 0 Å². The van der Waals surface area contributed by atoms with Crippen molar-refractivity contribution >= 4 is 49.8 Å². The lowest BCUT2D eigenvalue weighted by atomic mass is 10.2. The fourth-order valence-electron chi connectivity index (χ4n) is 2.73. The first kappa shape index (κ1) is 23.2. The first-order chi connectivity index (χ1) is 14.8. The third-order valence-electron chi connectivity index (χ3n) is 4.27. The molecule has 164 valence electrons. The Bertz CT molecular complexity index is 1140. The highest BCUT2D eigenvalue weighted by Crippen LogP contribution is 2.27. The second-order valence-electron chi connectivity index (χ2n) is 6.93. The minimum atomic E-state index is -3.95. The number of carbonyl (C=O) groups is 1. The summed E-state index contributed by atoms with van der Waals surface area (Å²) in [6.45, 7) is 5.45. The highest BCUT2D eigenvalue weighted by Gasteiger charge is 2.27. The lowest BCUT2D eigenvalue weighted by molar-refractivity contribution is -0.114. The maximum Gasteiger partial charge on any atom is 0.264 e. The number of hydrogen-bond acceptors (Lipinski definition) is 7. The topological polar surface area (TPSA) is 92.3 Å². The van der Waals surface area contributed by atoms with Crippen molar-refractivity contribution in [2.45, 2.75) is 36.4 Å². The highest BCUT2D eigenvalue weighted by molar-refractivity contribution is 8.01. The molecule has 10 heteroatoms. The summed E-state index contributed by atoms with van der Waals surface area (Å²) < 4.78 is 28.6. The van der Waals surface area contributed by atoms with E-state index in [2.05, 4.69) is 22.4 Å². The van der Waals surface area contributed by atoms with E-state index >= 15 is 0 Å². The summed E-state index contributed by atoms with van der Waals surface area (Å²) in [6, 6.07) is 13.6. The van der Waals surface area contributed by atoms with Crippen molar-refractivity contribution in [2.75, 3.05) is 21.9 Å². The molecule has 0 radical (unpaired) electrons. The van der Waals surface area contributed by atoms with Crippen molar-refractivity contribution in [3.8, 4) is 0 Å². The Kier molecular flexibility index (Phi) is 7.69. The molecule has 3 aromatic rings. The van der Waals surface area contributed by atoms with E-state index in [1.807, 2.05) is 19.9 Å². The molecule has 1 amide bonds. The van der Waals surface area contributed by atoms with Gasteiger partial charge in [-0.1, -0.05) is 59.9 Å². The number of hydrogen-bond donors (Lipinski definition) is 1. The molecule has 7 nitrogen and oxygen atoms in total. The molecule has 0 aliphatic carbocycles. The number of benzene rings is 2. The van der Waals surface area contributed by atoms with Gasteiger partial charge in [0.15, 0.2) is 4.34 Å². The van der Waals surface area contributed by atoms with Gasteiger partial charge in [0.1, 0.15) is 6.54 Å². The van der Waals surface area contributed by atoms with Crippen LogP contribution in [0.5, 0.6) is 0 Å². The van der Waals surface area contributed by atoms with Gasteiger partial charge in [0.2, 0.25) is 11.0 Å². The van der Waals surface area contributed by atoms with Gasteiger partial charge in [-0.25, -0.2) is 8.42 Å². The van der Waals surface area contributed by atoms with E-state index in [0.717, 1.165) is 31.9 Å². The zero-order chi connectivity index (χ0) is 22.4. The zero-order valence-corrected chi connectivity index (χ0v) is 20.0. The van der Waals surface area contributed by atoms with E-state index in [1.54, 1.807) is 54.2 Å². The number of aromatic nitrogens is 2. The number of rotatable bonds is 9. The summed E-state index contributed by atoms with van der Waals surface area (Å²) in [4.78, 5) is 12.9. The summed E-state index contributed by atoms with van der Waals surface area (Å²) in [5.41, 5.74) is 2.27. The molecule has 1 heterocycles. The molecule has 0 aliphatic heterocycles. The highest BCUT2D eigenvalue weighted by atomic mass is 32.2. The van der Waals surface area contributed by atoms with Gasteiger partial charge in [0.25, 0.3) is 10.0 Å². The third-order valence-corrected chi connectivity index (χ3v) is 8.23. The van der Waals surface area contributed by atoms with Gasteiger partial charge in [-0.05, 0) is 50.1 Å². The molecule has 0 saturated carbocycles. The van der Waals surface area contributed by atoms with Crippen LogP contribution < -0.4 is 9.62 Å². The SMILES string of the molecule is CCCSc1nnc(NC(=O)CN(c2cccc(C)c2)S(=O)(=O)c2ccc(C)cc2)s1. The van der Waals surface area contributed by atoms with Gasteiger partial charge in [0.05, 0.1) is 10.6 Å². The van der Waals surface area contributed by atoms with Crippen LogP contribution in [0.15, 0.2) is 57.8 Å². The Labute approximate surface area is 191 Å². The van der Waals surface area contributed by atoms with Crippen LogP contribution in [0.25, 0.3) is 0 Å². The fourth-order valence-corrected chi connectivity index (χ4v) is 5.84. The first-order valence-corrected chi connectivity index (χ1v) is 13.0. The Balaban J connectivity index is 1.85. The monoisotopic (exact) mass is 476 g/mol. The maximum absolute atomic E-state index is 13.4. The lowest BCUT2D eigenvalue weighted by Gasteiger charge is -2.24. The normalized spacial score (nSPS) is 11.3. The molecule has 0 spiro atoms. The molecular formula is C21H24N4O3S3. The molecule has 3 rings (SSSR count). The third kappa shape index (κ3) is 6.05. The number of amides is 1. The summed E-state index contributed by atoms with van der Waals surface area (Å²) in [7, 11) is -3.95. The number of aryl methyl sites for hydroxylation is 2. The number of sulfonamides is 1. The molecular weight excluding hydrogens is 452 g/mol. The first-order valence-electron chi connectivity index (χ1n) is 9.72. The van der Waals surface area contributed by atoms with Gasteiger partial charge < -0.3 is 0 Å². The second-order valence-corrected chi connectivity index (χ2v) is 11.1. The molecule has 1 aromatic heterocycles. The van der Waals surface area contributed by atoms with Crippen LogP contribution in [-0.4, -0.2) is 36.8 Å². The van der Waals surface area contributed by atoms with E-state index in [1.165, 1.54) is 11.3 Å². The maximum atomic E-state index is 13.4. The molecule has 0 fully saturated rings. The average molecular weight is 477 g/mol. The number of carbonyl (C=O) groups excluding carboxylic acids is 1. The van der Waals surface area contributed by atoms with Gasteiger partial charge >= 0.3 is 0 Å². The van der Waals surface area contributed by atoms with E-state index < -0.39 is 15.9 Å². The van der Waals surface area contributed by atoms with E-state index in [9.17, 15) is 13.2 Å². The van der Waals surface area contributed by atoms with Crippen LogP contribution >= 0.6 is 23.1 Å². The zero-order valence-electron chi connectivity index (χ0n) is 17.5. The predicted molar refractivity (Wildman–Crippen MR) is 126 cm³/mol. The van der Waals surface area contributed by atoms with Crippen LogP contribution in [-0.2, 0) is 14.8 Å². The minimum absolute atomic E-state index is 0.126. The number of nitrogens with one attached hydrogen (secondary N) is 1. The van der Waals surface area contributed by atoms with Gasteiger partial charge in [0, 0.05) is 5.75 Å². The number of thioether (sulfide) groups is 1. The van der Waals surface area contributed by atoms with Crippen LogP contribution in [0, 0.1) is 13.8 Å². The van der Waals surface area contributed by atoms with Crippen molar-refractivity contribution in [3.63, 3.8) is 0 Å². The van der Waals surface area contributed by atoms with Crippen molar-refractivity contribution in [1.82, 2.24) is 10.2 Å². The fraction of sp³-hybridized carbons (Fsp3) is 0.286. The van der Waals surface area contributed by atoms with E-state index in [0.29, 0.717) is 10.8 Å². The van der Waals surface area contributed by atoms with Crippen LogP contribution in [0.4, 0.5) is 10.8 Å². The molecule has 1 N–H and O–H groups in total. The average Bonchev–Trinajstić information content (AvgIpc) is 3.17. The molecule has 0 saturated heterocycles. The summed E-state index contributed by atoms with van der Waals surface area (Å²) in [6.07, 6.45) is 1.01. The Hall–Kier alpha value is -2.43. The Morgan fingerprint density at radius 1 is 1.10 bits per heavy atom. The molecule has 31 heavy (non-hydrogen) atoms. The lowest BCUT2D eigenvalue weighted by Crippen LogP contribution is -2.38. The predicted octanol–water partition coefficient (Wildman–Crippen LogP) is 4.49. The van der Waals surface area contributed by atoms with Gasteiger partial charge in [-0.3, -0.25) is 14.4 Å². The number of nitrogens with zero attached hydrogens (tertiary/aromatic N) is 3. The van der Waals surface area contributed by atoms with Crippen molar-refractivity contribution < 1.29 is 13.2 Å². The Morgan fingerprint density at radius 3 is 2.52 bits per heavy atom. The molecule has 0 unspecified atom stereocenters. The van der Waals surface area contributed by atoms with Crippen molar-refractivity contribution in [3.05, 3.63) is 59.7 Å². The molecule has 0 atom stereocenters. The van der Waals surface area contributed by atoms with Gasteiger partial charge in [-0.15, -0.1) is 10.2 Å². The summed E-state index contributed by atoms with van der Waals surface area (Å²) in [5.74, 6) is 0.429. The minimum Gasteiger partial charge on any atom is -0.299 e. The molecule has 0 bridgehead atoms.